The molecule has 0 N–H and O–H groups in total. The summed E-state index contributed by atoms with van der Waals surface area (Å²) in [5.74, 6) is -0.120. The second-order valence-electron chi connectivity index (χ2n) is 6.11. The lowest BCUT2D eigenvalue weighted by Gasteiger charge is -2.28. The van der Waals surface area contributed by atoms with Crippen LogP contribution in [0.1, 0.15) is 50.5 Å². The molecule has 0 spiro atoms. The standard InChI is InChI=1S/C18H23F3/c19-12-2-1-3-14-4-6-15(7-5-14)8-9-16-10-11-17(20)18(21)13-16/h2,10-15H,1,3-9H2/b12-2+. The van der Waals surface area contributed by atoms with E-state index in [-0.39, 0.29) is 0 Å². The predicted molar refractivity (Wildman–Crippen MR) is 79.6 cm³/mol. The highest BCUT2D eigenvalue weighted by Gasteiger charge is 2.20. The van der Waals surface area contributed by atoms with Crippen molar-refractivity contribution in [3.63, 3.8) is 0 Å². The molecule has 1 aromatic rings. The van der Waals surface area contributed by atoms with Gasteiger partial charge in [0, 0.05) is 0 Å². The molecule has 1 aliphatic carbocycles. The van der Waals surface area contributed by atoms with Crippen molar-refractivity contribution in [2.24, 2.45) is 11.8 Å². The van der Waals surface area contributed by atoms with E-state index in [0.29, 0.717) is 12.2 Å². The topological polar surface area (TPSA) is 0 Å². The Morgan fingerprint density at radius 2 is 1.62 bits per heavy atom. The van der Waals surface area contributed by atoms with Crippen LogP contribution in [0.2, 0.25) is 0 Å². The molecule has 0 saturated heterocycles. The maximum absolute atomic E-state index is 13.1. The van der Waals surface area contributed by atoms with Gasteiger partial charge in [0.25, 0.3) is 0 Å². The summed E-state index contributed by atoms with van der Waals surface area (Å²) in [6.45, 7) is 0. The first kappa shape index (κ1) is 16.1. The van der Waals surface area contributed by atoms with E-state index in [1.54, 1.807) is 12.1 Å². The molecule has 1 saturated carbocycles. The highest BCUT2D eigenvalue weighted by Crippen LogP contribution is 2.34. The van der Waals surface area contributed by atoms with E-state index in [1.165, 1.54) is 37.8 Å². The van der Waals surface area contributed by atoms with Gasteiger partial charge in [0.2, 0.25) is 0 Å². The molecule has 0 radical (unpaired) electrons. The van der Waals surface area contributed by atoms with Gasteiger partial charge >= 0.3 is 0 Å². The second-order valence-corrected chi connectivity index (χ2v) is 6.11. The van der Waals surface area contributed by atoms with Crippen LogP contribution in [0, 0.1) is 23.5 Å². The van der Waals surface area contributed by atoms with Gasteiger partial charge in [0.15, 0.2) is 11.6 Å². The molecule has 2 rings (SSSR count). The van der Waals surface area contributed by atoms with Gasteiger partial charge in [-0.05, 0) is 55.2 Å². The summed E-state index contributed by atoms with van der Waals surface area (Å²) < 4.78 is 37.9. The molecule has 0 aromatic heterocycles. The summed E-state index contributed by atoms with van der Waals surface area (Å²) in [4.78, 5) is 0. The van der Waals surface area contributed by atoms with Gasteiger partial charge in [-0.15, -0.1) is 0 Å². The zero-order valence-corrected chi connectivity index (χ0v) is 12.3. The minimum atomic E-state index is -0.776. The van der Waals surface area contributed by atoms with Crippen LogP contribution in [-0.4, -0.2) is 0 Å². The minimum Gasteiger partial charge on any atom is -0.216 e. The molecule has 3 heteroatoms. The number of rotatable bonds is 6. The molecule has 0 heterocycles. The molecule has 116 valence electrons. The van der Waals surface area contributed by atoms with E-state index in [0.717, 1.165) is 37.2 Å². The van der Waals surface area contributed by atoms with Crippen molar-refractivity contribution in [2.45, 2.75) is 51.4 Å². The normalized spacial score (nSPS) is 22.8. The van der Waals surface area contributed by atoms with Crippen LogP contribution in [0.4, 0.5) is 13.2 Å². The average molecular weight is 296 g/mol. The first-order chi connectivity index (χ1) is 10.2. The smallest absolute Gasteiger partial charge is 0.159 e. The van der Waals surface area contributed by atoms with Crippen LogP contribution >= 0.6 is 0 Å². The number of halogens is 3. The fraction of sp³-hybridized carbons (Fsp3) is 0.556. The maximum atomic E-state index is 13.1. The van der Waals surface area contributed by atoms with Gasteiger partial charge < -0.3 is 0 Å². The highest BCUT2D eigenvalue weighted by atomic mass is 19.2. The highest BCUT2D eigenvalue weighted by molar-refractivity contribution is 5.17. The van der Waals surface area contributed by atoms with Gasteiger partial charge in [-0.25, -0.2) is 13.2 Å². The summed E-state index contributed by atoms with van der Waals surface area (Å²) >= 11 is 0. The number of allylic oxidation sites excluding steroid dienone is 1. The van der Waals surface area contributed by atoms with Crippen LogP contribution in [0.15, 0.2) is 30.6 Å². The number of aryl methyl sites for hydroxylation is 1. The maximum Gasteiger partial charge on any atom is 0.159 e. The molecule has 1 aliphatic rings. The number of hydrogen-bond donors (Lipinski definition) is 0. The minimum absolute atomic E-state index is 0.632. The Labute approximate surface area is 125 Å². The van der Waals surface area contributed by atoms with Crippen molar-refractivity contribution >= 4 is 0 Å². The lowest BCUT2D eigenvalue weighted by Crippen LogP contribution is -2.15. The third-order valence-electron chi connectivity index (χ3n) is 4.62. The van der Waals surface area contributed by atoms with Crippen LogP contribution in [0.3, 0.4) is 0 Å². The van der Waals surface area contributed by atoms with Crippen molar-refractivity contribution in [3.05, 3.63) is 47.8 Å². The van der Waals surface area contributed by atoms with Crippen molar-refractivity contribution < 1.29 is 13.2 Å². The van der Waals surface area contributed by atoms with Gasteiger partial charge in [-0.2, -0.15) is 0 Å². The molecule has 0 amide bonds. The van der Waals surface area contributed by atoms with Crippen molar-refractivity contribution in [2.75, 3.05) is 0 Å². The van der Waals surface area contributed by atoms with Gasteiger partial charge in [0.1, 0.15) is 0 Å². The average Bonchev–Trinajstić information content (AvgIpc) is 2.50. The molecule has 0 aliphatic heterocycles. The predicted octanol–water partition coefficient (Wildman–Crippen LogP) is 5.97. The SMILES string of the molecule is F/C=C/CCC1CCC(CCc2ccc(F)c(F)c2)CC1. The monoisotopic (exact) mass is 296 g/mol. The first-order valence-electron chi connectivity index (χ1n) is 7.88. The van der Waals surface area contributed by atoms with Gasteiger partial charge in [-0.1, -0.05) is 37.8 Å². The zero-order chi connectivity index (χ0) is 15.1. The largest absolute Gasteiger partial charge is 0.216 e. The van der Waals surface area contributed by atoms with Gasteiger partial charge in [0.05, 0.1) is 6.33 Å². The summed E-state index contributed by atoms with van der Waals surface area (Å²) in [7, 11) is 0. The summed E-state index contributed by atoms with van der Waals surface area (Å²) in [5.41, 5.74) is 0.879. The Hall–Kier alpha value is -1.25. The Kier molecular flexibility index (Phi) is 6.34. The summed E-state index contributed by atoms with van der Waals surface area (Å²) in [6.07, 6.45) is 10.8. The fourth-order valence-electron chi connectivity index (χ4n) is 3.27. The van der Waals surface area contributed by atoms with Crippen LogP contribution in [0.25, 0.3) is 0 Å². The van der Waals surface area contributed by atoms with E-state index in [4.69, 9.17) is 0 Å². The van der Waals surface area contributed by atoms with E-state index in [1.807, 2.05) is 0 Å². The Morgan fingerprint density at radius 3 is 2.24 bits per heavy atom. The van der Waals surface area contributed by atoms with Crippen LogP contribution in [-0.2, 0) is 6.42 Å². The summed E-state index contributed by atoms with van der Waals surface area (Å²) in [6, 6.07) is 4.19. The van der Waals surface area contributed by atoms with Crippen LogP contribution in [0.5, 0.6) is 0 Å². The van der Waals surface area contributed by atoms with Gasteiger partial charge in [-0.3, -0.25) is 0 Å². The summed E-state index contributed by atoms with van der Waals surface area (Å²) in [5, 5.41) is 0. The van der Waals surface area contributed by atoms with E-state index in [2.05, 4.69) is 0 Å². The van der Waals surface area contributed by atoms with Crippen molar-refractivity contribution in [1.29, 1.82) is 0 Å². The zero-order valence-electron chi connectivity index (χ0n) is 12.3. The quantitative estimate of drug-likeness (QED) is 0.607. The lowest BCUT2D eigenvalue weighted by molar-refractivity contribution is 0.254. The molecule has 21 heavy (non-hydrogen) atoms. The van der Waals surface area contributed by atoms with Crippen molar-refractivity contribution in [3.8, 4) is 0 Å². The molecule has 0 bridgehead atoms. The van der Waals surface area contributed by atoms with Crippen LogP contribution < -0.4 is 0 Å². The molecular weight excluding hydrogens is 273 g/mol. The van der Waals surface area contributed by atoms with E-state index < -0.39 is 11.6 Å². The number of benzene rings is 1. The Balaban J connectivity index is 1.70. The number of hydrogen-bond acceptors (Lipinski definition) is 0. The van der Waals surface area contributed by atoms with E-state index >= 15 is 0 Å². The molecule has 0 unspecified atom stereocenters. The molecule has 1 aromatic carbocycles. The first-order valence-corrected chi connectivity index (χ1v) is 7.88. The Morgan fingerprint density at radius 1 is 0.952 bits per heavy atom. The Bertz CT molecular complexity index is 460. The lowest BCUT2D eigenvalue weighted by atomic mass is 9.78. The molecular formula is C18H23F3. The second kappa shape index (κ2) is 8.26. The fourth-order valence-corrected chi connectivity index (χ4v) is 3.27. The molecule has 0 atom stereocenters. The van der Waals surface area contributed by atoms with Crippen molar-refractivity contribution in [1.82, 2.24) is 0 Å². The third-order valence-corrected chi connectivity index (χ3v) is 4.62. The van der Waals surface area contributed by atoms with E-state index in [9.17, 15) is 13.2 Å². The molecule has 1 fully saturated rings. The molecule has 0 nitrogen and oxygen atoms in total. The third kappa shape index (κ3) is 5.22.